The van der Waals surface area contributed by atoms with Crippen LogP contribution in [-0.2, 0) is 6.54 Å². The molecule has 0 spiro atoms. The third kappa shape index (κ3) is 3.83. The highest BCUT2D eigenvalue weighted by Gasteiger charge is 2.31. The number of imidazole rings is 1. The van der Waals surface area contributed by atoms with Crippen molar-refractivity contribution in [2.24, 2.45) is 0 Å². The fourth-order valence-corrected chi connectivity index (χ4v) is 2.17. The quantitative estimate of drug-likeness (QED) is 0.797. The lowest BCUT2D eigenvalue weighted by Crippen LogP contribution is -2.23. The molecule has 3 rings (SSSR count). The van der Waals surface area contributed by atoms with Gasteiger partial charge in [-0.1, -0.05) is 18.2 Å². The van der Waals surface area contributed by atoms with Crippen LogP contribution in [0.15, 0.2) is 54.9 Å². The van der Waals surface area contributed by atoms with Gasteiger partial charge in [0.1, 0.15) is 17.1 Å². The zero-order valence-electron chi connectivity index (χ0n) is 12.2. The molecule has 8 heteroatoms. The minimum absolute atomic E-state index is 0.0573. The summed E-state index contributed by atoms with van der Waals surface area (Å²) < 4.78 is 42.2. The third-order valence-electron chi connectivity index (χ3n) is 3.18. The Morgan fingerprint density at radius 2 is 2.04 bits per heavy atom. The van der Waals surface area contributed by atoms with E-state index in [-0.39, 0.29) is 18.0 Å². The predicted molar refractivity (Wildman–Crippen MR) is 79.5 cm³/mol. The van der Waals surface area contributed by atoms with Crippen LogP contribution in [0.1, 0.15) is 16.1 Å². The summed E-state index contributed by atoms with van der Waals surface area (Å²) in [5, 5.41) is 2.61. The normalized spacial score (nSPS) is 11.5. The molecule has 3 aromatic rings. The molecule has 24 heavy (non-hydrogen) atoms. The van der Waals surface area contributed by atoms with Gasteiger partial charge in [0.2, 0.25) is 0 Å². The number of benzene rings is 1. The van der Waals surface area contributed by atoms with Gasteiger partial charge < -0.3 is 14.5 Å². The van der Waals surface area contributed by atoms with E-state index in [1.54, 1.807) is 35.0 Å². The van der Waals surface area contributed by atoms with Crippen LogP contribution in [0.4, 0.5) is 13.2 Å². The van der Waals surface area contributed by atoms with Crippen LogP contribution in [0.5, 0.6) is 5.75 Å². The molecule has 5 nitrogen and oxygen atoms in total. The molecular formula is C16H12F3N3O2. The molecule has 0 aliphatic rings. The first-order valence-corrected chi connectivity index (χ1v) is 6.97. The first-order chi connectivity index (χ1) is 11.4. The SMILES string of the molecule is O=C(NCc1cccc(OC(F)(F)F)c1)c1cn2ccccc2n1. The molecule has 0 fully saturated rings. The van der Waals surface area contributed by atoms with Gasteiger partial charge in [-0.25, -0.2) is 4.98 Å². The lowest BCUT2D eigenvalue weighted by atomic mass is 10.2. The molecule has 1 amide bonds. The van der Waals surface area contributed by atoms with E-state index < -0.39 is 12.3 Å². The average molecular weight is 335 g/mol. The van der Waals surface area contributed by atoms with Gasteiger partial charge in [0.15, 0.2) is 0 Å². The van der Waals surface area contributed by atoms with Gasteiger partial charge in [-0.15, -0.1) is 13.2 Å². The molecule has 2 heterocycles. The Labute approximate surface area is 134 Å². The first kappa shape index (κ1) is 15.9. The molecule has 0 aliphatic heterocycles. The molecule has 1 N–H and O–H groups in total. The van der Waals surface area contributed by atoms with E-state index in [0.717, 1.165) is 0 Å². The summed E-state index contributed by atoms with van der Waals surface area (Å²) in [6.07, 6.45) is -1.41. The van der Waals surface area contributed by atoms with Gasteiger partial charge >= 0.3 is 6.36 Å². The molecule has 0 unspecified atom stereocenters. The van der Waals surface area contributed by atoms with Crippen molar-refractivity contribution in [2.45, 2.75) is 12.9 Å². The number of pyridine rings is 1. The van der Waals surface area contributed by atoms with E-state index in [9.17, 15) is 18.0 Å². The molecular weight excluding hydrogens is 323 g/mol. The van der Waals surface area contributed by atoms with Gasteiger partial charge in [0.25, 0.3) is 5.91 Å². The Bertz CT molecular complexity index is 841. The minimum atomic E-state index is -4.75. The molecule has 1 aromatic carbocycles. The van der Waals surface area contributed by atoms with Crippen LogP contribution in [0.2, 0.25) is 0 Å². The van der Waals surface area contributed by atoms with Crippen molar-refractivity contribution < 1.29 is 22.7 Å². The molecule has 0 atom stereocenters. The average Bonchev–Trinajstić information content (AvgIpc) is 2.95. The van der Waals surface area contributed by atoms with Crippen molar-refractivity contribution >= 4 is 11.6 Å². The van der Waals surface area contributed by atoms with Crippen LogP contribution in [0.25, 0.3) is 5.65 Å². The Hall–Kier alpha value is -3.03. The molecule has 0 radical (unpaired) electrons. The summed E-state index contributed by atoms with van der Waals surface area (Å²) >= 11 is 0. The number of nitrogens with zero attached hydrogens (tertiary/aromatic N) is 2. The fourth-order valence-electron chi connectivity index (χ4n) is 2.17. The number of carbonyl (C=O) groups is 1. The van der Waals surface area contributed by atoms with Gasteiger partial charge in [-0.2, -0.15) is 0 Å². The van der Waals surface area contributed by atoms with E-state index in [2.05, 4.69) is 15.0 Å². The van der Waals surface area contributed by atoms with Crippen molar-refractivity contribution in [3.8, 4) is 5.75 Å². The van der Waals surface area contributed by atoms with E-state index in [4.69, 9.17) is 0 Å². The van der Waals surface area contributed by atoms with Gasteiger partial charge in [-0.05, 0) is 29.8 Å². The number of hydrogen-bond acceptors (Lipinski definition) is 3. The molecule has 0 aliphatic carbocycles. The van der Waals surface area contributed by atoms with Crippen LogP contribution in [-0.4, -0.2) is 21.7 Å². The maximum Gasteiger partial charge on any atom is 0.573 e. The Morgan fingerprint density at radius 1 is 1.21 bits per heavy atom. The number of alkyl halides is 3. The Balaban J connectivity index is 1.66. The molecule has 0 saturated carbocycles. The number of amides is 1. The van der Waals surface area contributed by atoms with Gasteiger partial charge in [-0.3, -0.25) is 4.79 Å². The third-order valence-corrected chi connectivity index (χ3v) is 3.18. The standard InChI is InChI=1S/C16H12F3N3O2/c17-16(18,19)24-12-5-3-4-11(8-12)9-20-15(23)13-10-22-7-2-1-6-14(22)21-13/h1-8,10H,9H2,(H,20,23). The van der Waals surface area contributed by atoms with Crippen LogP contribution in [0.3, 0.4) is 0 Å². The van der Waals surface area contributed by atoms with Crippen LogP contribution in [0, 0.1) is 0 Å². The maximum atomic E-state index is 12.2. The maximum absolute atomic E-state index is 12.2. The lowest BCUT2D eigenvalue weighted by molar-refractivity contribution is -0.274. The van der Waals surface area contributed by atoms with Crippen molar-refractivity contribution in [3.63, 3.8) is 0 Å². The predicted octanol–water partition coefficient (Wildman–Crippen LogP) is 3.16. The summed E-state index contributed by atoms with van der Waals surface area (Å²) in [4.78, 5) is 16.3. The molecule has 124 valence electrons. The van der Waals surface area contributed by atoms with Crippen molar-refractivity contribution in [1.82, 2.24) is 14.7 Å². The number of hydrogen-bond donors (Lipinski definition) is 1. The highest BCUT2D eigenvalue weighted by Crippen LogP contribution is 2.23. The highest BCUT2D eigenvalue weighted by atomic mass is 19.4. The lowest BCUT2D eigenvalue weighted by Gasteiger charge is -2.10. The summed E-state index contributed by atoms with van der Waals surface area (Å²) in [5.41, 5.74) is 1.33. The van der Waals surface area contributed by atoms with E-state index >= 15 is 0 Å². The number of fused-ring (bicyclic) bond motifs is 1. The van der Waals surface area contributed by atoms with Crippen molar-refractivity contribution in [2.75, 3.05) is 0 Å². The Kier molecular flexibility index (Phi) is 4.11. The second-order valence-electron chi connectivity index (χ2n) is 4.97. The summed E-state index contributed by atoms with van der Waals surface area (Å²) in [6.45, 7) is 0.0573. The zero-order chi connectivity index (χ0) is 17.2. The molecule has 0 saturated heterocycles. The number of aromatic nitrogens is 2. The second-order valence-corrected chi connectivity index (χ2v) is 4.97. The highest BCUT2D eigenvalue weighted by molar-refractivity contribution is 5.92. The summed E-state index contributed by atoms with van der Waals surface area (Å²) in [5.74, 6) is -0.747. The molecule has 2 aromatic heterocycles. The largest absolute Gasteiger partial charge is 0.573 e. The van der Waals surface area contributed by atoms with Gasteiger partial charge in [0.05, 0.1) is 0 Å². The van der Waals surface area contributed by atoms with Gasteiger partial charge in [0, 0.05) is 18.9 Å². The number of nitrogens with one attached hydrogen (secondary N) is 1. The fraction of sp³-hybridized carbons (Fsp3) is 0.125. The Morgan fingerprint density at radius 3 is 2.79 bits per heavy atom. The number of halogens is 3. The van der Waals surface area contributed by atoms with Crippen LogP contribution >= 0.6 is 0 Å². The van der Waals surface area contributed by atoms with Crippen molar-refractivity contribution in [1.29, 1.82) is 0 Å². The van der Waals surface area contributed by atoms with E-state index in [1.807, 2.05) is 6.07 Å². The smallest absolute Gasteiger partial charge is 0.406 e. The second kappa shape index (κ2) is 6.23. The summed E-state index contributed by atoms with van der Waals surface area (Å²) in [6, 6.07) is 10.8. The van der Waals surface area contributed by atoms with E-state index in [0.29, 0.717) is 11.2 Å². The van der Waals surface area contributed by atoms with Crippen molar-refractivity contribution in [3.05, 3.63) is 66.1 Å². The molecule has 0 bridgehead atoms. The number of rotatable bonds is 4. The topological polar surface area (TPSA) is 55.6 Å². The number of ether oxygens (including phenoxy) is 1. The minimum Gasteiger partial charge on any atom is -0.406 e. The van der Waals surface area contributed by atoms with Crippen LogP contribution < -0.4 is 10.1 Å². The monoisotopic (exact) mass is 335 g/mol. The van der Waals surface area contributed by atoms with E-state index in [1.165, 1.54) is 18.2 Å². The number of carbonyl (C=O) groups excluding carboxylic acids is 1. The summed E-state index contributed by atoms with van der Waals surface area (Å²) in [7, 11) is 0. The first-order valence-electron chi connectivity index (χ1n) is 6.97. The zero-order valence-corrected chi connectivity index (χ0v) is 12.2.